The van der Waals surface area contributed by atoms with Crippen LogP contribution in [0.15, 0.2) is 36.4 Å². The molecule has 0 heterocycles. The molecule has 0 amide bonds. The van der Waals surface area contributed by atoms with Gasteiger partial charge in [-0.2, -0.15) is 0 Å². The molecule has 0 radical (unpaired) electrons. The third-order valence-electron chi connectivity index (χ3n) is 3.81. The molecule has 0 aliphatic rings. The highest BCUT2D eigenvalue weighted by Gasteiger charge is 2.18. The van der Waals surface area contributed by atoms with Crippen molar-refractivity contribution in [3.05, 3.63) is 42.0 Å². The molecule has 0 bridgehead atoms. The Hall–Kier alpha value is -1.29. The van der Waals surface area contributed by atoms with Gasteiger partial charge in [-0.05, 0) is 29.9 Å². The predicted octanol–water partition coefficient (Wildman–Crippen LogP) is 3.65. The molecule has 21 heavy (non-hydrogen) atoms. The molecule has 4 heteroatoms. The summed E-state index contributed by atoms with van der Waals surface area (Å²) in [5, 5.41) is 12.8. The molecule has 0 fully saturated rings. The van der Waals surface area contributed by atoms with E-state index in [1.54, 1.807) is 7.11 Å². The van der Waals surface area contributed by atoms with Crippen molar-refractivity contribution in [1.29, 1.82) is 0 Å². The van der Waals surface area contributed by atoms with E-state index in [4.69, 9.17) is 4.74 Å². The number of hydrogen-bond donors (Lipinski definition) is 1. The van der Waals surface area contributed by atoms with Crippen molar-refractivity contribution >= 4 is 23.2 Å². The van der Waals surface area contributed by atoms with Gasteiger partial charge >= 0.3 is 0 Å². The second kappa shape index (κ2) is 8.23. The molecular formula is C17H24ClNO2. The molecule has 0 aliphatic heterocycles. The molecule has 2 aromatic carbocycles. The van der Waals surface area contributed by atoms with Crippen molar-refractivity contribution < 1.29 is 9.84 Å². The van der Waals surface area contributed by atoms with Crippen molar-refractivity contribution in [1.82, 2.24) is 4.90 Å². The van der Waals surface area contributed by atoms with Crippen LogP contribution in [0.25, 0.3) is 10.8 Å². The first kappa shape index (κ1) is 17.8. The van der Waals surface area contributed by atoms with Crippen molar-refractivity contribution in [2.24, 2.45) is 0 Å². The zero-order valence-corrected chi connectivity index (χ0v) is 13.7. The lowest BCUT2D eigenvalue weighted by Gasteiger charge is -2.24. The Balaban J connectivity index is 0.00000220. The number of fused-ring (bicyclic) bond motifs is 1. The first-order valence-electron chi connectivity index (χ1n) is 7.17. The zero-order valence-electron chi connectivity index (χ0n) is 12.9. The largest absolute Gasteiger partial charge is 0.496 e. The van der Waals surface area contributed by atoms with Gasteiger partial charge in [-0.3, -0.25) is 0 Å². The van der Waals surface area contributed by atoms with Crippen LogP contribution in [-0.4, -0.2) is 36.8 Å². The van der Waals surface area contributed by atoms with E-state index in [-0.39, 0.29) is 12.4 Å². The van der Waals surface area contributed by atoms with Crippen LogP contribution in [0.3, 0.4) is 0 Å². The average molecular weight is 310 g/mol. The minimum absolute atomic E-state index is 0. The maximum Gasteiger partial charge on any atom is 0.125 e. The molecule has 0 aromatic heterocycles. The van der Waals surface area contributed by atoms with Gasteiger partial charge in [-0.1, -0.05) is 44.2 Å². The molecule has 3 nitrogen and oxygen atoms in total. The van der Waals surface area contributed by atoms with Gasteiger partial charge in [-0.25, -0.2) is 0 Å². The van der Waals surface area contributed by atoms with Crippen LogP contribution in [-0.2, 0) is 0 Å². The number of rotatable bonds is 6. The Bertz CT molecular complexity index is 570. The van der Waals surface area contributed by atoms with E-state index in [1.807, 2.05) is 30.3 Å². The van der Waals surface area contributed by atoms with E-state index in [0.29, 0.717) is 6.54 Å². The molecule has 2 aromatic rings. The van der Waals surface area contributed by atoms with Gasteiger partial charge in [0.2, 0.25) is 0 Å². The third-order valence-corrected chi connectivity index (χ3v) is 3.81. The summed E-state index contributed by atoms with van der Waals surface area (Å²) >= 11 is 0. The maximum absolute atomic E-state index is 10.6. The van der Waals surface area contributed by atoms with E-state index in [0.717, 1.165) is 35.2 Å². The van der Waals surface area contributed by atoms with Gasteiger partial charge in [-0.15, -0.1) is 12.4 Å². The number of halogens is 1. The standard InChI is InChI=1S/C17H23NO2.ClH/c1-4-18(5-2)12-15(19)17-14-9-7-6-8-13(14)10-11-16(17)20-3;/h6-11,15,19H,4-5,12H2,1-3H3;1H. The summed E-state index contributed by atoms with van der Waals surface area (Å²) in [5.41, 5.74) is 0.887. The molecular weight excluding hydrogens is 286 g/mol. The Labute approximate surface area is 132 Å². The number of methoxy groups -OCH3 is 1. The van der Waals surface area contributed by atoms with E-state index in [2.05, 4.69) is 24.8 Å². The zero-order chi connectivity index (χ0) is 14.5. The fraction of sp³-hybridized carbons (Fsp3) is 0.412. The monoisotopic (exact) mass is 309 g/mol. The lowest BCUT2D eigenvalue weighted by molar-refractivity contribution is 0.118. The highest BCUT2D eigenvalue weighted by molar-refractivity contribution is 5.88. The Morgan fingerprint density at radius 1 is 1.10 bits per heavy atom. The molecule has 0 saturated carbocycles. The average Bonchev–Trinajstić information content (AvgIpc) is 2.51. The van der Waals surface area contributed by atoms with Crippen LogP contribution in [0.1, 0.15) is 25.5 Å². The van der Waals surface area contributed by atoms with Gasteiger partial charge in [0.05, 0.1) is 13.2 Å². The van der Waals surface area contributed by atoms with Crippen molar-refractivity contribution in [3.63, 3.8) is 0 Å². The molecule has 0 aliphatic carbocycles. The fourth-order valence-electron chi connectivity index (χ4n) is 2.61. The van der Waals surface area contributed by atoms with Gasteiger partial charge in [0.25, 0.3) is 0 Å². The van der Waals surface area contributed by atoms with E-state index in [9.17, 15) is 5.11 Å². The van der Waals surface area contributed by atoms with Crippen LogP contribution in [0.4, 0.5) is 0 Å². The first-order chi connectivity index (χ1) is 9.71. The fourth-order valence-corrected chi connectivity index (χ4v) is 2.61. The minimum Gasteiger partial charge on any atom is -0.496 e. The van der Waals surface area contributed by atoms with Crippen LogP contribution in [0, 0.1) is 0 Å². The number of aliphatic hydroxyl groups is 1. The Morgan fingerprint density at radius 3 is 2.38 bits per heavy atom. The summed E-state index contributed by atoms with van der Waals surface area (Å²) < 4.78 is 5.44. The SMILES string of the molecule is CCN(CC)CC(O)c1c(OC)ccc2ccccc12.Cl. The number of ether oxygens (including phenoxy) is 1. The summed E-state index contributed by atoms with van der Waals surface area (Å²) in [7, 11) is 1.65. The van der Waals surface area contributed by atoms with E-state index >= 15 is 0 Å². The Morgan fingerprint density at radius 2 is 1.76 bits per heavy atom. The predicted molar refractivity (Wildman–Crippen MR) is 90.5 cm³/mol. The summed E-state index contributed by atoms with van der Waals surface area (Å²) in [6.45, 7) is 6.70. The number of aliphatic hydroxyl groups excluding tert-OH is 1. The Kier molecular flexibility index (Phi) is 6.96. The number of benzene rings is 2. The molecule has 0 saturated heterocycles. The third kappa shape index (κ3) is 3.88. The van der Waals surface area contributed by atoms with Crippen molar-refractivity contribution in [3.8, 4) is 5.75 Å². The lowest BCUT2D eigenvalue weighted by atomic mass is 9.99. The topological polar surface area (TPSA) is 32.7 Å². The van der Waals surface area contributed by atoms with Crippen molar-refractivity contribution in [2.75, 3.05) is 26.7 Å². The van der Waals surface area contributed by atoms with Crippen LogP contribution in [0.2, 0.25) is 0 Å². The molecule has 0 spiro atoms. The van der Waals surface area contributed by atoms with Gasteiger partial charge in [0.1, 0.15) is 5.75 Å². The number of nitrogens with zero attached hydrogens (tertiary/aromatic N) is 1. The van der Waals surface area contributed by atoms with E-state index in [1.165, 1.54) is 0 Å². The quantitative estimate of drug-likeness (QED) is 0.884. The van der Waals surface area contributed by atoms with Crippen molar-refractivity contribution in [2.45, 2.75) is 20.0 Å². The summed E-state index contributed by atoms with van der Waals surface area (Å²) in [4.78, 5) is 2.21. The lowest BCUT2D eigenvalue weighted by Crippen LogP contribution is -2.28. The molecule has 2 rings (SSSR count). The van der Waals surface area contributed by atoms with Crippen LogP contribution in [0.5, 0.6) is 5.75 Å². The number of hydrogen-bond acceptors (Lipinski definition) is 3. The summed E-state index contributed by atoms with van der Waals surface area (Å²) in [6, 6.07) is 12.1. The highest BCUT2D eigenvalue weighted by atomic mass is 35.5. The second-order valence-electron chi connectivity index (χ2n) is 4.90. The second-order valence-corrected chi connectivity index (χ2v) is 4.90. The summed E-state index contributed by atoms with van der Waals surface area (Å²) in [5.74, 6) is 0.753. The van der Waals surface area contributed by atoms with Crippen LogP contribution >= 0.6 is 12.4 Å². The normalized spacial score (nSPS) is 12.2. The van der Waals surface area contributed by atoms with Gasteiger partial charge in [0.15, 0.2) is 0 Å². The van der Waals surface area contributed by atoms with E-state index < -0.39 is 6.10 Å². The summed E-state index contributed by atoms with van der Waals surface area (Å²) in [6.07, 6.45) is -0.545. The smallest absolute Gasteiger partial charge is 0.125 e. The first-order valence-corrected chi connectivity index (χ1v) is 7.17. The molecule has 116 valence electrons. The highest BCUT2D eigenvalue weighted by Crippen LogP contribution is 2.33. The minimum atomic E-state index is -0.545. The molecule has 1 atom stereocenters. The van der Waals surface area contributed by atoms with Gasteiger partial charge in [0, 0.05) is 12.1 Å². The van der Waals surface area contributed by atoms with Gasteiger partial charge < -0.3 is 14.7 Å². The molecule has 1 unspecified atom stereocenters. The van der Waals surface area contributed by atoms with Crippen LogP contribution < -0.4 is 4.74 Å². The maximum atomic E-state index is 10.6. The molecule has 1 N–H and O–H groups in total. The number of likely N-dealkylation sites (N-methyl/N-ethyl adjacent to an activating group) is 1.